The average Bonchev–Trinajstić information content (AvgIpc) is 3.02. The fourth-order valence-electron chi connectivity index (χ4n) is 3.64. The molecule has 100 valence electrons. The van der Waals surface area contributed by atoms with Gasteiger partial charge in [-0.15, -0.1) is 11.3 Å². The topological polar surface area (TPSA) is 16.1 Å². The van der Waals surface area contributed by atoms with Crippen molar-refractivity contribution in [1.82, 2.24) is 9.88 Å². The highest BCUT2D eigenvalue weighted by molar-refractivity contribution is 7.09. The lowest BCUT2D eigenvalue weighted by Gasteiger charge is -2.30. The normalized spacial score (nSPS) is 29.8. The quantitative estimate of drug-likeness (QED) is 0.825. The third-order valence-corrected chi connectivity index (χ3v) is 5.81. The second kappa shape index (κ2) is 5.70. The molecule has 0 radical (unpaired) electrons. The molecule has 0 bridgehead atoms. The molecule has 0 atom stereocenters. The second-order valence-electron chi connectivity index (χ2n) is 6.03. The Labute approximate surface area is 114 Å². The number of aromatic nitrogens is 1. The molecule has 1 aliphatic heterocycles. The summed E-state index contributed by atoms with van der Waals surface area (Å²) in [5.74, 6) is 1.78. The smallest absolute Gasteiger partial charge is 0.0797 e. The first-order valence-corrected chi connectivity index (χ1v) is 8.33. The molecule has 0 unspecified atom stereocenters. The van der Waals surface area contributed by atoms with Crippen molar-refractivity contribution in [3.05, 3.63) is 16.1 Å². The Morgan fingerprint density at radius 1 is 1.22 bits per heavy atom. The Balaban J connectivity index is 1.50. The molecule has 18 heavy (non-hydrogen) atoms. The fourth-order valence-corrected chi connectivity index (χ4v) is 4.62. The number of likely N-dealkylation sites (tertiary alicyclic amines) is 1. The second-order valence-corrected chi connectivity index (χ2v) is 6.91. The lowest BCUT2D eigenvalue weighted by molar-refractivity contribution is 0.224. The predicted octanol–water partition coefficient (Wildman–Crippen LogP) is 3.82. The predicted molar refractivity (Wildman–Crippen MR) is 77.2 cm³/mol. The van der Waals surface area contributed by atoms with E-state index >= 15 is 0 Å². The zero-order valence-electron chi connectivity index (χ0n) is 11.4. The first-order chi connectivity index (χ1) is 8.83. The van der Waals surface area contributed by atoms with Crippen LogP contribution in [0.25, 0.3) is 0 Å². The Morgan fingerprint density at radius 2 is 1.94 bits per heavy atom. The van der Waals surface area contributed by atoms with Crippen molar-refractivity contribution in [3.8, 4) is 0 Å². The molecule has 2 fully saturated rings. The molecule has 1 aromatic heterocycles. The monoisotopic (exact) mass is 264 g/mol. The van der Waals surface area contributed by atoms with Gasteiger partial charge in [0.15, 0.2) is 0 Å². The Morgan fingerprint density at radius 3 is 2.56 bits per heavy atom. The highest BCUT2D eigenvalue weighted by Gasteiger charge is 2.26. The van der Waals surface area contributed by atoms with Gasteiger partial charge in [-0.1, -0.05) is 0 Å². The van der Waals surface area contributed by atoms with E-state index in [-0.39, 0.29) is 0 Å². The van der Waals surface area contributed by atoms with Gasteiger partial charge in [-0.2, -0.15) is 0 Å². The molecule has 1 aromatic rings. The Kier molecular flexibility index (Phi) is 4.00. The molecule has 3 rings (SSSR count). The van der Waals surface area contributed by atoms with Crippen LogP contribution in [-0.4, -0.2) is 29.5 Å². The highest BCUT2D eigenvalue weighted by Crippen LogP contribution is 2.39. The first-order valence-electron chi connectivity index (χ1n) is 7.45. The summed E-state index contributed by atoms with van der Waals surface area (Å²) < 4.78 is 0. The molecule has 2 nitrogen and oxygen atoms in total. The van der Waals surface area contributed by atoms with Gasteiger partial charge in [0.25, 0.3) is 0 Å². The zero-order chi connectivity index (χ0) is 12.4. The molecule has 0 spiro atoms. The summed E-state index contributed by atoms with van der Waals surface area (Å²) in [6.07, 6.45) is 8.49. The lowest BCUT2D eigenvalue weighted by Crippen LogP contribution is -2.29. The van der Waals surface area contributed by atoms with Crippen LogP contribution in [0.2, 0.25) is 0 Å². The van der Waals surface area contributed by atoms with Crippen LogP contribution in [0.1, 0.15) is 55.0 Å². The summed E-state index contributed by atoms with van der Waals surface area (Å²) in [4.78, 5) is 8.65. The van der Waals surface area contributed by atoms with Crippen molar-refractivity contribution in [1.29, 1.82) is 0 Å². The maximum absolute atomic E-state index is 4.40. The number of rotatable bonds is 3. The van der Waals surface area contributed by atoms with Crippen LogP contribution in [0, 0.1) is 12.8 Å². The van der Waals surface area contributed by atoms with Gasteiger partial charge >= 0.3 is 0 Å². The van der Waals surface area contributed by atoms with Crippen LogP contribution >= 0.6 is 11.3 Å². The number of hydrogen-bond acceptors (Lipinski definition) is 3. The van der Waals surface area contributed by atoms with E-state index in [1.165, 1.54) is 63.9 Å². The summed E-state index contributed by atoms with van der Waals surface area (Å²) >= 11 is 1.87. The van der Waals surface area contributed by atoms with Crippen LogP contribution in [0.4, 0.5) is 0 Å². The Bertz CT molecular complexity index is 374. The van der Waals surface area contributed by atoms with Gasteiger partial charge in [0.05, 0.1) is 11.2 Å². The summed E-state index contributed by atoms with van der Waals surface area (Å²) in [6, 6.07) is 0. The fraction of sp³-hybridized carbons (Fsp3) is 0.800. The van der Waals surface area contributed by atoms with Gasteiger partial charge in [0.2, 0.25) is 0 Å². The summed E-state index contributed by atoms with van der Waals surface area (Å²) in [5, 5.41) is 0. The van der Waals surface area contributed by atoms with Gasteiger partial charge in [0.1, 0.15) is 0 Å². The van der Waals surface area contributed by atoms with Crippen molar-refractivity contribution >= 4 is 11.3 Å². The largest absolute Gasteiger partial charge is 0.303 e. The third kappa shape index (κ3) is 2.77. The van der Waals surface area contributed by atoms with Gasteiger partial charge in [0, 0.05) is 11.4 Å². The van der Waals surface area contributed by atoms with Gasteiger partial charge < -0.3 is 4.90 Å². The van der Waals surface area contributed by atoms with E-state index in [9.17, 15) is 0 Å². The number of nitrogens with zero attached hydrogens (tertiary/aromatic N) is 2. The van der Waals surface area contributed by atoms with Gasteiger partial charge in [-0.3, -0.25) is 0 Å². The molecule has 0 N–H and O–H groups in total. The number of hydrogen-bond donors (Lipinski definition) is 0. The summed E-state index contributed by atoms with van der Waals surface area (Å²) in [6.45, 7) is 6.25. The van der Waals surface area contributed by atoms with Crippen LogP contribution in [0.5, 0.6) is 0 Å². The highest BCUT2D eigenvalue weighted by atomic mass is 32.1. The van der Waals surface area contributed by atoms with E-state index in [0.717, 1.165) is 11.8 Å². The van der Waals surface area contributed by atoms with Crippen LogP contribution in [-0.2, 0) is 0 Å². The standard InChI is InChI=1S/C15H24N2S/c1-12-15(18-11-16-12)14-6-4-13(5-7-14)10-17-8-2-3-9-17/h11,13-14H,2-10H2,1H3. The van der Waals surface area contributed by atoms with E-state index in [2.05, 4.69) is 16.8 Å². The molecule has 1 saturated heterocycles. The molecule has 3 heteroatoms. The first kappa shape index (κ1) is 12.6. The number of thiazole rings is 1. The minimum Gasteiger partial charge on any atom is -0.303 e. The van der Waals surface area contributed by atoms with Gasteiger partial charge in [-0.25, -0.2) is 4.98 Å². The molecule has 0 aromatic carbocycles. The molecule has 2 aliphatic rings. The van der Waals surface area contributed by atoms with Crippen molar-refractivity contribution in [2.24, 2.45) is 5.92 Å². The van der Waals surface area contributed by atoms with Gasteiger partial charge in [-0.05, 0) is 70.4 Å². The zero-order valence-corrected chi connectivity index (χ0v) is 12.2. The van der Waals surface area contributed by atoms with Crippen molar-refractivity contribution in [2.45, 2.75) is 51.4 Å². The maximum atomic E-state index is 4.40. The van der Waals surface area contributed by atoms with Crippen molar-refractivity contribution in [2.75, 3.05) is 19.6 Å². The van der Waals surface area contributed by atoms with E-state index in [1.54, 1.807) is 4.88 Å². The molecular weight excluding hydrogens is 240 g/mol. The van der Waals surface area contributed by atoms with Crippen LogP contribution < -0.4 is 0 Å². The van der Waals surface area contributed by atoms with Crippen LogP contribution in [0.15, 0.2) is 5.51 Å². The molecule has 2 heterocycles. The maximum Gasteiger partial charge on any atom is 0.0797 e. The SMILES string of the molecule is Cc1ncsc1C1CCC(CN2CCCC2)CC1. The number of aryl methyl sites for hydroxylation is 1. The minimum atomic E-state index is 0.812. The third-order valence-electron chi connectivity index (χ3n) is 4.72. The minimum absolute atomic E-state index is 0.812. The summed E-state index contributed by atoms with van der Waals surface area (Å²) in [5.41, 5.74) is 3.30. The van der Waals surface area contributed by atoms with Crippen molar-refractivity contribution < 1.29 is 0 Å². The summed E-state index contributed by atoms with van der Waals surface area (Å²) in [7, 11) is 0. The molecule has 1 aliphatic carbocycles. The molecular formula is C15H24N2S. The van der Waals surface area contributed by atoms with E-state index in [1.807, 2.05) is 16.8 Å². The lowest BCUT2D eigenvalue weighted by atomic mass is 9.81. The molecule has 0 amide bonds. The average molecular weight is 264 g/mol. The van der Waals surface area contributed by atoms with E-state index < -0.39 is 0 Å². The Hall–Kier alpha value is -0.410. The molecule has 1 saturated carbocycles. The van der Waals surface area contributed by atoms with Crippen LogP contribution in [0.3, 0.4) is 0 Å². The van der Waals surface area contributed by atoms with E-state index in [4.69, 9.17) is 0 Å². The van der Waals surface area contributed by atoms with Crippen molar-refractivity contribution in [3.63, 3.8) is 0 Å². The van der Waals surface area contributed by atoms with E-state index in [0.29, 0.717) is 0 Å².